The smallest absolute Gasteiger partial charge is 0.227 e. The lowest BCUT2D eigenvalue weighted by molar-refractivity contribution is -0.134. The molecule has 2 aromatic rings. The number of hydrogen-bond acceptors (Lipinski definition) is 3. The quantitative estimate of drug-likeness (QED) is 0.826. The lowest BCUT2D eigenvalue weighted by atomic mass is 10.1. The van der Waals surface area contributed by atoms with Gasteiger partial charge in [-0.15, -0.1) is 0 Å². The van der Waals surface area contributed by atoms with Gasteiger partial charge in [0, 0.05) is 49.7 Å². The van der Waals surface area contributed by atoms with E-state index < -0.39 is 0 Å². The second kappa shape index (κ2) is 7.66. The first kappa shape index (κ1) is 17.4. The van der Waals surface area contributed by atoms with E-state index in [0.29, 0.717) is 18.1 Å². The molecule has 1 fully saturated rings. The topological polar surface area (TPSA) is 53.5 Å². The number of halogens is 1. The largest absolute Gasteiger partial charge is 0.345 e. The molecule has 0 aliphatic carbocycles. The standard InChI is InChI=1S/C19H20ClN3O2/c1-22(11-8-14-6-9-21-10-7-14)19(25)15-12-18(24)23(13-15)17-4-2-16(20)3-5-17/h2-7,9-10,15H,8,11-13H2,1H3. The van der Waals surface area contributed by atoms with Crippen molar-refractivity contribution in [3.63, 3.8) is 0 Å². The van der Waals surface area contributed by atoms with Gasteiger partial charge in [0.05, 0.1) is 5.92 Å². The van der Waals surface area contributed by atoms with E-state index in [-0.39, 0.29) is 24.2 Å². The maximum atomic E-state index is 12.7. The van der Waals surface area contributed by atoms with Crippen molar-refractivity contribution in [1.82, 2.24) is 9.88 Å². The van der Waals surface area contributed by atoms with Gasteiger partial charge in [-0.3, -0.25) is 14.6 Å². The van der Waals surface area contributed by atoms with Crippen molar-refractivity contribution in [2.24, 2.45) is 5.92 Å². The van der Waals surface area contributed by atoms with Crippen molar-refractivity contribution in [3.8, 4) is 0 Å². The van der Waals surface area contributed by atoms with E-state index in [1.165, 1.54) is 0 Å². The van der Waals surface area contributed by atoms with Crippen LogP contribution in [0.2, 0.25) is 5.02 Å². The molecule has 130 valence electrons. The molecule has 6 heteroatoms. The van der Waals surface area contributed by atoms with Crippen molar-refractivity contribution in [3.05, 3.63) is 59.4 Å². The normalized spacial score (nSPS) is 17.0. The van der Waals surface area contributed by atoms with Crippen LogP contribution in [0.1, 0.15) is 12.0 Å². The molecule has 3 rings (SSSR count). The zero-order valence-electron chi connectivity index (χ0n) is 14.1. The van der Waals surface area contributed by atoms with Crippen LogP contribution in [0.4, 0.5) is 5.69 Å². The molecule has 2 amide bonds. The van der Waals surface area contributed by atoms with E-state index in [9.17, 15) is 9.59 Å². The molecule has 25 heavy (non-hydrogen) atoms. The number of likely N-dealkylation sites (N-methyl/N-ethyl adjacent to an activating group) is 1. The van der Waals surface area contributed by atoms with E-state index >= 15 is 0 Å². The molecular formula is C19H20ClN3O2. The number of aromatic nitrogens is 1. The maximum Gasteiger partial charge on any atom is 0.227 e. The molecule has 1 unspecified atom stereocenters. The first-order valence-corrected chi connectivity index (χ1v) is 8.62. The Morgan fingerprint density at radius 1 is 1.24 bits per heavy atom. The Kier molecular flexibility index (Phi) is 5.34. The van der Waals surface area contributed by atoms with Crippen molar-refractivity contribution in [1.29, 1.82) is 0 Å². The zero-order chi connectivity index (χ0) is 17.8. The van der Waals surface area contributed by atoms with Gasteiger partial charge in [-0.25, -0.2) is 0 Å². The molecule has 5 nitrogen and oxygen atoms in total. The molecule has 1 atom stereocenters. The summed E-state index contributed by atoms with van der Waals surface area (Å²) in [5, 5.41) is 0.624. The van der Waals surface area contributed by atoms with Crippen molar-refractivity contribution < 1.29 is 9.59 Å². The summed E-state index contributed by atoms with van der Waals surface area (Å²) in [4.78, 5) is 32.3. The minimum absolute atomic E-state index is 0.0128. The van der Waals surface area contributed by atoms with Gasteiger partial charge < -0.3 is 9.80 Å². The molecule has 2 heterocycles. The fourth-order valence-electron chi connectivity index (χ4n) is 3.01. The number of carbonyl (C=O) groups is 2. The number of anilines is 1. The molecule has 1 aliphatic heterocycles. The Labute approximate surface area is 152 Å². The van der Waals surface area contributed by atoms with Crippen LogP contribution in [0.3, 0.4) is 0 Å². The number of amides is 2. The molecule has 0 N–H and O–H groups in total. The van der Waals surface area contributed by atoms with E-state index in [1.807, 2.05) is 12.1 Å². The number of nitrogens with zero attached hydrogens (tertiary/aromatic N) is 3. The third kappa shape index (κ3) is 4.17. The highest BCUT2D eigenvalue weighted by molar-refractivity contribution is 6.30. The van der Waals surface area contributed by atoms with E-state index in [0.717, 1.165) is 17.7 Å². The predicted molar refractivity (Wildman–Crippen MR) is 97.5 cm³/mol. The summed E-state index contributed by atoms with van der Waals surface area (Å²) in [7, 11) is 1.79. The molecular weight excluding hydrogens is 338 g/mol. The van der Waals surface area contributed by atoms with Crippen LogP contribution in [0, 0.1) is 5.92 Å². The lowest BCUT2D eigenvalue weighted by Crippen LogP contribution is -2.36. The summed E-state index contributed by atoms with van der Waals surface area (Å²) in [6.07, 6.45) is 4.51. The molecule has 0 spiro atoms. The Balaban J connectivity index is 1.59. The van der Waals surface area contributed by atoms with Gasteiger partial charge in [0.1, 0.15) is 0 Å². The van der Waals surface area contributed by atoms with Crippen molar-refractivity contribution >= 4 is 29.1 Å². The fourth-order valence-corrected chi connectivity index (χ4v) is 3.14. The van der Waals surface area contributed by atoms with Gasteiger partial charge in [-0.05, 0) is 48.4 Å². The minimum Gasteiger partial charge on any atom is -0.345 e. The third-order valence-electron chi connectivity index (χ3n) is 4.47. The van der Waals surface area contributed by atoms with E-state index in [4.69, 9.17) is 11.6 Å². The van der Waals surface area contributed by atoms with Gasteiger partial charge in [-0.2, -0.15) is 0 Å². The highest BCUT2D eigenvalue weighted by atomic mass is 35.5. The average molecular weight is 358 g/mol. The third-order valence-corrected chi connectivity index (χ3v) is 4.73. The van der Waals surface area contributed by atoms with Crippen LogP contribution in [0.5, 0.6) is 0 Å². The Bertz CT molecular complexity index is 749. The maximum absolute atomic E-state index is 12.7. The zero-order valence-corrected chi connectivity index (χ0v) is 14.8. The van der Waals surface area contributed by atoms with E-state index in [1.54, 1.807) is 53.5 Å². The number of hydrogen-bond donors (Lipinski definition) is 0. The molecule has 0 bridgehead atoms. The van der Waals surface area contributed by atoms with Crippen LogP contribution in [0.25, 0.3) is 0 Å². The molecule has 1 aromatic carbocycles. The highest BCUT2D eigenvalue weighted by Crippen LogP contribution is 2.27. The summed E-state index contributed by atoms with van der Waals surface area (Å²) < 4.78 is 0. The second-order valence-electron chi connectivity index (χ2n) is 6.25. The number of rotatable bonds is 5. The second-order valence-corrected chi connectivity index (χ2v) is 6.68. The molecule has 1 aromatic heterocycles. The molecule has 0 saturated carbocycles. The van der Waals surface area contributed by atoms with Crippen LogP contribution < -0.4 is 4.90 Å². The average Bonchev–Trinajstić information content (AvgIpc) is 3.02. The first-order valence-electron chi connectivity index (χ1n) is 8.24. The first-order chi connectivity index (χ1) is 12.0. The Morgan fingerprint density at radius 3 is 2.60 bits per heavy atom. The number of carbonyl (C=O) groups excluding carboxylic acids is 2. The predicted octanol–water partition coefficient (Wildman–Crippen LogP) is 2.79. The Hall–Kier alpha value is -2.40. The van der Waals surface area contributed by atoms with Gasteiger partial charge in [0.2, 0.25) is 11.8 Å². The summed E-state index contributed by atoms with van der Waals surface area (Å²) in [6.45, 7) is 1.04. The van der Waals surface area contributed by atoms with Crippen LogP contribution in [0.15, 0.2) is 48.8 Å². The summed E-state index contributed by atoms with van der Waals surface area (Å²) >= 11 is 5.89. The van der Waals surface area contributed by atoms with Crippen LogP contribution in [-0.2, 0) is 16.0 Å². The van der Waals surface area contributed by atoms with Crippen LogP contribution in [-0.4, -0.2) is 41.8 Å². The summed E-state index contributed by atoms with van der Waals surface area (Å²) in [6, 6.07) is 11.0. The van der Waals surface area contributed by atoms with Gasteiger partial charge in [-0.1, -0.05) is 11.6 Å². The van der Waals surface area contributed by atoms with Gasteiger partial charge >= 0.3 is 0 Å². The monoisotopic (exact) mass is 357 g/mol. The molecule has 1 aliphatic rings. The molecule has 0 radical (unpaired) electrons. The van der Waals surface area contributed by atoms with Gasteiger partial charge in [0.15, 0.2) is 0 Å². The summed E-state index contributed by atoms with van der Waals surface area (Å²) in [5.74, 6) is -0.312. The minimum atomic E-state index is -0.300. The Morgan fingerprint density at radius 2 is 1.92 bits per heavy atom. The highest BCUT2D eigenvalue weighted by Gasteiger charge is 2.36. The fraction of sp³-hybridized carbons (Fsp3) is 0.316. The van der Waals surface area contributed by atoms with E-state index in [2.05, 4.69) is 4.98 Å². The van der Waals surface area contributed by atoms with Crippen molar-refractivity contribution in [2.45, 2.75) is 12.8 Å². The van der Waals surface area contributed by atoms with Gasteiger partial charge in [0.25, 0.3) is 0 Å². The SMILES string of the molecule is CN(CCc1ccncc1)C(=O)C1CC(=O)N(c2ccc(Cl)cc2)C1. The lowest BCUT2D eigenvalue weighted by Gasteiger charge is -2.21. The van der Waals surface area contributed by atoms with Crippen molar-refractivity contribution in [2.75, 3.05) is 25.0 Å². The van der Waals surface area contributed by atoms with Crippen LogP contribution >= 0.6 is 11.6 Å². The summed E-state index contributed by atoms with van der Waals surface area (Å²) in [5.41, 5.74) is 1.92. The molecule has 1 saturated heterocycles. The number of pyridine rings is 1. The number of benzene rings is 1.